The standard InChI is InChI=1S/C13H25NO4Si/c1-8(15)18-12-10(11(16)14-12)9(13(2,3)4)7-17-19(5)6/h9-10,12,19H,7H2,1-6H3,(H,14,16)/t9-,10+,12-/m1/s1. The normalized spacial score (nSPS) is 24.7. The van der Waals surface area contributed by atoms with Crippen molar-refractivity contribution >= 4 is 20.9 Å². The van der Waals surface area contributed by atoms with Crippen LogP contribution in [0.5, 0.6) is 0 Å². The molecule has 0 aromatic heterocycles. The maximum absolute atomic E-state index is 11.8. The van der Waals surface area contributed by atoms with Gasteiger partial charge in [0.2, 0.25) is 5.91 Å². The Morgan fingerprint density at radius 3 is 2.37 bits per heavy atom. The second kappa shape index (κ2) is 6.05. The summed E-state index contributed by atoms with van der Waals surface area (Å²) in [6.45, 7) is 12.3. The van der Waals surface area contributed by atoms with Crippen molar-refractivity contribution in [1.29, 1.82) is 0 Å². The average Bonchev–Trinajstić information content (AvgIpc) is 2.20. The van der Waals surface area contributed by atoms with Gasteiger partial charge in [-0.15, -0.1) is 0 Å². The van der Waals surface area contributed by atoms with Crippen LogP contribution in [0.3, 0.4) is 0 Å². The van der Waals surface area contributed by atoms with Crippen LogP contribution in [0.15, 0.2) is 0 Å². The third-order valence-electron chi connectivity index (χ3n) is 3.36. The molecular formula is C13H25NO4Si. The molecule has 19 heavy (non-hydrogen) atoms. The SMILES string of the molecule is CC(=O)O[C@H]1NC(=O)[C@@H]1[C@@H](CO[SiH](C)C)C(C)(C)C. The van der Waals surface area contributed by atoms with Gasteiger partial charge in [-0.1, -0.05) is 20.8 Å². The molecule has 110 valence electrons. The van der Waals surface area contributed by atoms with Gasteiger partial charge in [-0.3, -0.25) is 9.59 Å². The monoisotopic (exact) mass is 287 g/mol. The van der Waals surface area contributed by atoms with E-state index < -0.39 is 15.3 Å². The molecule has 1 aliphatic rings. The molecule has 1 fully saturated rings. The zero-order valence-corrected chi connectivity index (χ0v) is 13.8. The Bertz CT molecular complexity index is 351. The van der Waals surface area contributed by atoms with Crippen molar-refractivity contribution in [2.75, 3.05) is 6.61 Å². The van der Waals surface area contributed by atoms with Gasteiger partial charge in [0.05, 0.1) is 5.92 Å². The van der Waals surface area contributed by atoms with Crippen LogP contribution in [-0.2, 0) is 18.8 Å². The molecule has 1 saturated heterocycles. The average molecular weight is 287 g/mol. The summed E-state index contributed by atoms with van der Waals surface area (Å²) < 4.78 is 10.9. The Labute approximate surface area is 116 Å². The summed E-state index contributed by atoms with van der Waals surface area (Å²) in [7, 11) is -1.14. The molecule has 1 heterocycles. The van der Waals surface area contributed by atoms with Crippen LogP contribution in [0, 0.1) is 17.3 Å². The molecule has 6 heteroatoms. The fourth-order valence-electron chi connectivity index (χ4n) is 2.23. The van der Waals surface area contributed by atoms with Crippen LogP contribution < -0.4 is 5.32 Å². The minimum absolute atomic E-state index is 0.0421. The summed E-state index contributed by atoms with van der Waals surface area (Å²) in [5.41, 5.74) is -0.0793. The Balaban J connectivity index is 2.78. The van der Waals surface area contributed by atoms with Crippen LogP contribution in [0.4, 0.5) is 0 Å². The van der Waals surface area contributed by atoms with Crippen molar-refractivity contribution in [3.05, 3.63) is 0 Å². The molecule has 0 aromatic carbocycles. The quantitative estimate of drug-likeness (QED) is 0.470. The molecule has 0 aromatic rings. The zero-order valence-electron chi connectivity index (χ0n) is 12.6. The lowest BCUT2D eigenvalue weighted by Gasteiger charge is -2.45. The summed E-state index contributed by atoms with van der Waals surface area (Å²) in [6.07, 6.45) is -0.508. The van der Waals surface area contributed by atoms with Crippen LogP contribution >= 0.6 is 0 Å². The molecule has 0 spiro atoms. The molecule has 0 aliphatic carbocycles. The van der Waals surface area contributed by atoms with Gasteiger partial charge in [-0.2, -0.15) is 0 Å². The predicted octanol–water partition coefficient (Wildman–Crippen LogP) is 1.28. The Kier molecular flexibility index (Phi) is 5.15. The smallest absolute Gasteiger partial charge is 0.304 e. The maximum atomic E-state index is 11.8. The lowest BCUT2D eigenvalue weighted by molar-refractivity contribution is -0.175. The van der Waals surface area contributed by atoms with Crippen LogP contribution in [0.2, 0.25) is 13.1 Å². The molecule has 3 atom stereocenters. The summed E-state index contributed by atoms with van der Waals surface area (Å²) in [6, 6.07) is 0. The number of ether oxygens (including phenoxy) is 1. The van der Waals surface area contributed by atoms with E-state index >= 15 is 0 Å². The fourth-order valence-corrected chi connectivity index (χ4v) is 2.82. The number of amides is 1. The van der Waals surface area contributed by atoms with Crippen molar-refractivity contribution in [2.45, 2.75) is 47.0 Å². The highest BCUT2D eigenvalue weighted by Gasteiger charge is 2.50. The highest BCUT2D eigenvalue weighted by atomic mass is 28.3. The van der Waals surface area contributed by atoms with Crippen LogP contribution in [0.25, 0.3) is 0 Å². The molecule has 1 N–H and O–H groups in total. The van der Waals surface area contributed by atoms with E-state index in [4.69, 9.17) is 9.16 Å². The molecule has 0 unspecified atom stereocenters. The number of esters is 1. The van der Waals surface area contributed by atoms with Gasteiger partial charge in [0.15, 0.2) is 15.3 Å². The van der Waals surface area contributed by atoms with Crippen molar-refractivity contribution in [3.8, 4) is 0 Å². The topological polar surface area (TPSA) is 64.6 Å². The third-order valence-corrected chi connectivity index (χ3v) is 4.22. The molecule has 1 aliphatic heterocycles. The first-order chi connectivity index (χ1) is 8.62. The van der Waals surface area contributed by atoms with Crippen molar-refractivity contribution in [3.63, 3.8) is 0 Å². The van der Waals surface area contributed by atoms with E-state index in [1.807, 2.05) is 0 Å². The summed E-state index contributed by atoms with van der Waals surface area (Å²) >= 11 is 0. The lowest BCUT2D eigenvalue weighted by atomic mass is 9.70. The second-order valence-corrected chi connectivity index (χ2v) is 8.85. The van der Waals surface area contributed by atoms with Gasteiger partial charge < -0.3 is 14.5 Å². The van der Waals surface area contributed by atoms with Crippen molar-refractivity contribution in [1.82, 2.24) is 5.32 Å². The van der Waals surface area contributed by atoms with E-state index in [1.54, 1.807) is 0 Å². The zero-order chi connectivity index (χ0) is 14.8. The van der Waals surface area contributed by atoms with Gasteiger partial charge in [0, 0.05) is 19.4 Å². The van der Waals surface area contributed by atoms with E-state index in [0.717, 1.165) is 0 Å². The fraction of sp³-hybridized carbons (Fsp3) is 0.846. The van der Waals surface area contributed by atoms with E-state index in [9.17, 15) is 9.59 Å². The number of carbonyl (C=O) groups excluding carboxylic acids is 2. The van der Waals surface area contributed by atoms with Gasteiger partial charge in [0.25, 0.3) is 0 Å². The minimum atomic E-state index is -1.14. The number of nitrogens with one attached hydrogen (secondary N) is 1. The number of hydrogen-bond donors (Lipinski definition) is 1. The van der Waals surface area contributed by atoms with Gasteiger partial charge in [-0.05, 0) is 18.5 Å². The number of carbonyl (C=O) groups is 2. The number of β-lactam (4-membered cyclic amide) rings is 1. The van der Waals surface area contributed by atoms with Gasteiger partial charge >= 0.3 is 5.97 Å². The first-order valence-corrected chi connectivity index (χ1v) is 9.50. The first-order valence-electron chi connectivity index (χ1n) is 6.72. The molecule has 0 saturated carbocycles. The van der Waals surface area contributed by atoms with Crippen LogP contribution in [0.1, 0.15) is 27.7 Å². The highest BCUT2D eigenvalue weighted by Crippen LogP contribution is 2.38. The molecule has 1 amide bonds. The first kappa shape index (κ1) is 16.2. The van der Waals surface area contributed by atoms with E-state index in [0.29, 0.717) is 6.61 Å². The Hall–Kier alpha value is -0.883. The lowest BCUT2D eigenvalue weighted by Crippen LogP contribution is -2.64. The number of rotatable bonds is 5. The molecular weight excluding hydrogens is 262 g/mol. The number of hydrogen-bond acceptors (Lipinski definition) is 4. The summed E-state index contributed by atoms with van der Waals surface area (Å²) in [4.78, 5) is 22.8. The summed E-state index contributed by atoms with van der Waals surface area (Å²) in [5.74, 6) is -0.695. The van der Waals surface area contributed by atoms with Crippen molar-refractivity contribution < 1.29 is 18.8 Å². The summed E-state index contributed by atoms with van der Waals surface area (Å²) in [5, 5.41) is 2.64. The van der Waals surface area contributed by atoms with E-state index in [-0.39, 0.29) is 29.1 Å². The van der Waals surface area contributed by atoms with E-state index in [2.05, 4.69) is 39.2 Å². The van der Waals surface area contributed by atoms with Gasteiger partial charge in [0.1, 0.15) is 0 Å². The molecule has 0 radical (unpaired) electrons. The highest BCUT2D eigenvalue weighted by molar-refractivity contribution is 6.48. The van der Waals surface area contributed by atoms with Gasteiger partial charge in [-0.25, -0.2) is 0 Å². The minimum Gasteiger partial charge on any atom is -0.441 e. The third kappa shape index (κ3) is 4.31. The molecule has 0 bridgehead atoms. The maximum Gasteiger partial charge on any atom is 0.304 e. The van der Waals surface area contributed by atoms with Crippen molar-refractivity contribution in [2.24, 2.45) is 17.3 Å². The predicted molar refractivity (Wildman–Crippen MR) is 75.0 cm³/mol. The Morgan fingerprint density at radius 1 is 1.42 bits per heavy atom. The Morgan fingerprint density at radius 2 is 2.00 bits per heavy atom. The second-order valence-electron chi connectivity index (χ2n) is 6.42. The largest absolute Gasteiger partial charge is 0.441 e. The van der Waals surface area contributed by atoms with E-state index in [1.165, 1.54) is 6.92 Å². The molecule has 5 nitrogen and oxygen atoms in total. The molecule has 1 rings (SSSR count). The van der Waals surface area contributed by atoms with Crippen LogP contribution in [-0.4, -0.2) is 33.8 Å².